The molecule has 3 rings (SSSR count). The minimum Gasteiger partial charge on any atom is -0.506 e. The molecule has 0 atom stereocenters. The van der Waals surface area contributed by atoms with E-state index in [1.165, 1.54) is 29.8 Å². The van der Waals surface area contributed by atoms with E-state index in [0.717, 1.165) is 5.01 Å². The summed E-state index contributed by atoms with van der Waals surface area (Å²) in [5.74, 6) is 0.0233. The number of carbonyl (C=O) groups is 1. The van der Waals surface area contributed by atoms with Gasteiger partial charge in [-0.05, 0) is 26.0 Å². The molecule has 8 nitrogen and oxygen atoms in total. The molecular formula is C15H14N6O2S. The largest absolute Gasteiger partial charge is 0.506 e. The molecule has 9 heteroatoms. The van der Waals surface area contributed by atoms with Crippen molar-refractivity contribution >= 4 is 33.8 Å². The van der Waals surface area contributed by atoms with Gasteiger partial charge in [0.2, 0.25) is 0 Å². The molecule has 122 valence electrons. The zero-order chi connectivity index (χ0) is 17.1. The Kier molecular flexibility index (Phi) is 4.34. The first-order chi connectivity index (χ1) is 11.5. The van der Waals surface area contributed by atoms with E-state index in [-0.39, 0.29) is 11.4 Å². The fourth-order valence-corrected chi connectivity index (χ4v) is 2.80. The van der Waals surface area contributed by atoms with Crippen molar-refractivity contribution in [2.75, 3.05) is 10.6 Å². The van der Waals surface area contributed by atoms with E-state index < -0.39 is 5.91 Å². The SMILES string of the molecule is Cc1nc(C(=O)Nc2ccc(O)c(C)n2)c(Nc2cncnc2)s1. The summed E-state index contributed by atoms with van der Waals surface area (Å²) in [6.07, 6.45) is 4.64. The second-order valence-electron chi connectivity index (χ2n) is 4.92. The van der Waals surface area contributed by atoms with Crippen molar-refractivity contribution < 1.29 is 9.90 Å². The molecule has 0 saturated carbocycles. The molecule has 3 N–H and O–H groups in total. The molecule has 0 saturated heterocycles. The number of aromatic nitrogens is 4. The topological polar surface area (TPSA) is 113 Å². The van der Waals surface area contributed by atoms with Gasteiger partial charge in [0.25, 0.3) is 5.91 Å². The molecule has 1 amide bonds. The number of nitrogens with one attached hydrogen (secondary N) is 2. The van der Waals surface area contributed by atoms with E-state index in [1.807, 2.05) is 6.92 Å². The number of rotatable bonds is 4. The second-order valence-corrected chi connectivity index (χ2v) is 6.12. The number of pyridine rings is 1. The Bertz CT molecular complexity index is 881. The van der Waals surface area contributed by atoms with Crippen LogP contribution in [-0.2, 0) is 0 Å². The van der Waals surface area contributed by atoms with E-state index in [1.54, 1.807) is 19.3 Å². The normalized spacial score (nSPS) is 10.4. The molecule has 0 bridgehead atoms. The molecule has 24 heavy (non-hydrogen) atoms. The molecule has 0 aliphatic rings. The molecule has 0 aliphatic carbocycles. The fourth-order valence-electron chi connectivity index (χ4n) is 1.96. The zero-order valence-electron chi connectivity index (χ0n) is 12.9. The van der Waals surface area contributed by atoms with E-state index >= 15 is 0 Å². The summed E-state index contributed by atoms with van der Waals surface area (Å²) in [4.78, 5) is 28.7. The van der Waals surface area contributed by atoms with Crippen LogP contribution in [0.4, 0.5) is 16.5 Å². The Labute approximate surface area is 141 Å². The summed E-state index contributed by atoms with van der Waals surface area (Å²) in [5.41, 5.74) is 1.35. The monoisotopic (exact) mass is 342 g/mol. The lowest BCUT2D eigenvalue weighted by Gasteiger charge is -2.07. The average Bonchev–Trinajstić information content (AvgIpc) is 2.92. The average molecular weight is 342 g/mol. The van der Waals surface area contributed by atoms with Crippen molar-refractivity contribution in [2.45, 2.75) is 13.8 Å². The van der Waals surface area contributed by atoms with Gasteiger partial charge >= 0.3 is 0 Å². The van der Waals surface area contributed by atoms with Crippen LogP contribution < -0.4 is 10.6 Å². The Hall–Kier alpha value is -3.07. The van der Waals surface area contributed by atoms with Gasteiger partial charge in [-0.1, -0.05) is 0 Å². The molecule has 0 radical (unpaired) electrons. The molecule has 3 aromatic heterocycles. The van der Waals surface area contributed by atoms with Crippen molar-refractivity contribution in [3.05, 3.63) is 47.2 Å². The van der Waals surface area contributed by atoms with E-state index in [2.05, 4.69) is 30.6 Å². The highest BCUT2D eigenvalue weighted by Gasteiger charge is 2.18. The minimum absolute atomic E-state index is 0.0731. The number of hydrogen-bond acceptors (Lipinski definition) is 8. The van der Waals surface area contributed by atoms with Crippen molar-refractivity contribution in [3.63, 3.8) is 0 Å². The minimum atomic E-state index is -0.392. The van der Waals surface area contributed by atoms with Gasteiger partial charge in [-0.3, -0.25) is 4.79 Å². The number of aryl methyl sites for hydroxylation is 2. The third-order valence-corrected chi connectivity index (χ3v) is 3.95. The van der Waals surface area contributed by atoms with Gasteiger partial charge in [0.05, 0.1) is 28.8 Å². The smallest absolute Gasteiger partial charge is 0.278 e. The Balaban J connectivity index is 1.83. The highest BCUT2D eigenvalue weighted by molar-refractivity contribution is 7.16. The summed E-state index contributed by atoms with van der Waals surface area (Å²) in [6.45, 7) is 3.47. The molecule has 0 aliphatic heterocycles. The predicted molar refractivity (Wildman–Crippen MR) is 90.8 cm³/mol. The Morgan fingerprint density at radius 3 is 2.62 bits per heavy atom. The first-order valence-electron chi connectivity index (χ1n) is 7.00. The molecule has 3 heterocycles. The van der Waals surface area contributed by atoms with Gasteiger partial charge in [0, 0.05) is 0 Å². The van der Waals surface area contributed by atoms with E-state index in [0.29, 0.717) is 22.2 Å². The number of aromatic hydroxyl groups is 1. The molecule has 0 fully saturated rings. The van der Waals surface area contributed by atoms with Crippen molar-refractivity contribution in [3.8, 4) is 5.75 Å². The predicted octanol–water partition coefficient (Wildman–Crippen LogP) is 2.65. The Morgan fingerprint density at radius 2 is 1.92 bits per heavy atom. The number of amides is 1. The van der Waals surface area contributed by atoms with Gasteiger partial charge < -0.3 is 15.7 Å². The van der Waals surface area contributed by atoms with Crippen LogP contribution in [0.15, 0.2) is 30.9 Å². The van der Waals surface area contributed by atoms with Crippen LogP contribution in [0.1, 0.15) is 21.2 Å². The highest BCUT2D eigenvalue weighted by Crippen LogP contribution is 2.28. The summed E-state index contributed by atoms with van der Waals surface area (Å²) in [6, 6.07) is 3.00. The van der Waals surface area contributed by atoms with Gasteiger partial charge in [-0.25, -0.2) is 19.9 Å². The summed E-state index contributed by atoms with van der Waals surface area (Å²) < 4.78 is 0. The standard InChI is InChI=1S/C15H14N6O2S/c1-8-11(22)3-4-12(18-8)21-14(23)13-15(24-9(2)19-13)20-10-5-16-7-17-6-10/h3-7,20,22H,1-2H3,(H,18,21,23). The molecule has 0 aromatic carbocycles. The lowest BCUT2D eigenvalue weighted by atomic mass is 10.3. The van der Waals surface area contributed by atoms with Gasteiger partial charge in [-0.2, -0.15) is 0 Å². The lowest BCUT2D eigenvalue weighted by Crippen LogP contribution is -2.15. The number of hydrogen-bond donors (Lipinski definition) is 3. The van der Waals surface area contributed by atoms with Crippen molar-refractivity contribution in [1.82, 2.24) is 19.9 Å². The molecular weight excluding hydrogens is 328 g/mol. The third-order valence-electron chi connectivity index (χ3n) is 3.07. The number of carbonyl (C=O) groups excluding carboxylic acids is 1. The molecule has 0 spiro atoms. The van der Waals surface area contributed by atoms with Crippen LogP contribution in [-0.4, -0.2) is 30.9 Å². The first-order valence-corrected chi connectivity index (χ1v) is 7.82. The van der Waals surface area contributed by atoms with Gasteiger partial charge in [0.15, 0.2) is 5.69 Å². The van der Waals surface area contributed by atoms with Gasteiger partial charge in [0.1, 0.15) is 22.9 Å². The van der Waals surface area contributed by atoms with Crippen molar-refractivity contribution in [1.29, 1.82) is 0 Å². The highest BCUT2D eigenvalue weighted by atomic mass is 32.1. The van der Waals surface area contributed by atoms with E-state index in [9.17, 15) is 9.90 Å². The lowest BCUT2D eigenvalue weighted by molar-refractivity contribution is 0.102. The van der Waals surface area contributed by atoms with Crippen LogP contribution in [0, 0.1) is 13.8 Å². The van der Waals surface area contributed by atoms with Crippen LogP contribution in [0.25, 0.3) is 0 Å². The second kappa shape index (κ2) is 6.59. The third kappa shape index (κ3) is 3.46. The summed E-state index contributed by atoms with van der Waals surface area (Å²) in [5, 5.41) is 16.6. The van der Waals surface area contributed by atoms with E-state index in [4.69, 9.17) is 0 Å². The van der Waals surface area contributed by atoms with Crippen molar-refractivity contribution in [2.24, 2.45) is 0 Å². The van der Waals surface area contributed by atoms with Crippen LogP contribution in [0.5, 0.6) is 5.75 Å². The first kappa shape index (κ1) is 15.8. The molecule has 3 aromatic rings. The Morgan fingerprint density at radius 1 is 1.17 bits per heavy atom. The van der Waals surface area contributed by atoms with Crippen LogP contribution >= 0.6 is 11.3 Å². The van der Waals surface area contributed by atoms with Crippen LogP contribution in [0.3, 0.4) is 0 Å². The maximum atomic E-state index is 12.5. The number of anilines is 3. The number of thiazole rings is 1. The van der Waals surface area contributed by atoms with Crippen LogP contribution in [0.2, 0.25) is 0 Å². The maximum absolute atomic E-state index is 12.5. The number of nitrogens with zero attached hydrogens (tertiary/aromatic N) is 4. The van der Waals surface area contributed by atoms with Gasteiger partial charge in [-0.15, -0.1) is 11.3 Å². The summed E-state index contributed by atoms with van der Waals surface area (Å²) >= 11 is 1.35. The zero-order valence-corrected chi connectivity index (χ0v) is 13.8. The fraction of sp³-hybridized carbons (Fsp3) is 0.133. The summed E-state index contributed by atoms with van der Waals surface area (Å²) in [7, 11) is 0. The quantitative estimate of drug-likeness (QED) is 0.668. The molecule has 0 unspecified atom stereocenters. The maximum Gasteiger partial charge on any atom is 0.278 e.